The molecule has 1 fully saturated rings. The largest absolute Gasteiger partial charge is 0.341 e. The van der Waals surface area contributed by atoms with Crippen molar-refractivity contribution >= 4 is 29.2 Å². The van der Waals surface area contributed by atoms with Crippen LogP contribution in [-0.4, -0.2) is 33.9 Å². The molecule has 29 heavy (non-hydrogen) atoms. The van der Waals surface area contributed by atoms with E-state index in [0.29, 0.717) is 17.8 Å². The van der Waals surface area contributed by atoms with E-state index in [2.05, 4.69) is 60.8 Å². The molecule has 3 aromatic rings. The maximum absolute atomic E-state index is 11.2. The number of hydrogen-bond acceptors (Lipinski definition) is 6. The highest BCUT2D eigenvalue weighted by atomic mass is 16.1. The van der Waals surface area contributed by atoms with Crippen molar-refractivity contribution < 1.29 is 4.79 Å². The fourth-order valence-corrected chi connectivity index (χ4v) is 3.65. The van der Waals surface area contributed by atoms with Crippen LogP contribution in [0.3, 0.4) is 0 Å². The van der Waals surface area contributed by atoms with Gasteiger partial charge in [-0.3, -0.25) is 4.79 Å². The molecule has 1 aliphatic heterocycles. The zero-order valence-corrected chi connectivity index (χ0v) is 16.4. The number of nitrogens with zero attached hydrogens (tertiary/aromatic N) is 4. The van der Waals surface area contributed by atoms with Crippen LogP contribution < -0.4 is 15.5 Å². The number of amides is 1. The summed E-state index contributed by atoms with van der Waals surface area (Å²) in [6.07, 6.45) is 3.69. The van der Waals surface area contributed by atoms with Gasteiger partial charge in [-0.15, -0.1) is 0 Å². The highest BCUT2D eigenvalue weighted by Crippen LogP contribution is 2.29. The second-order valence-electron chi connectivity index (χ2n) is 7.17. The highest BCUT2D eigenvalue weighted by molar-refractivity contribution is 5.89. The van der Waals surface area contributed by atoms with Gasteiger partial charge in [-0.25, -0.2) is 9.97 Å². The van der Waals surface area contributed by atoms with E-state index in [1.54, 1.807) is 0 Å². The minimum Gasteiger partial charge on any atom is -0.341 e. The third-order valence-corrected chi connectivity index (χ3v) is 5.05. The number of anilines is 4. The third-order valence-electron chi connectivity index (χ3n) is 5.05. The topological polar surface area (TPSA) is 83.0 Å². The molecule has 148 valence electrons. The first-order valence-corrected chi connectivity index (χ1v) is 9.81. The van der Waals surface area contributed by atoms with Crippen LogP contribution in [0.15, 0.2) is 60.9 Å². The summed E-state index contributed by atoms with van der Waals surface area (Å²) < 4.78 is 0. The summed E-state index contributed by atoms with van der Waals surface area (Å²) in [5.74, 6) is 1.65. The summed E-state index contributed by atoms with van der Waals surface area (Å²) in [6, 6.07) is 18.1. The maximum atomic E-state index is 11.2. The standard InChI is InChI=1S/C22H24N6O/c1-16(29)25-19-8-5-9-20(14-19)26-21-23-15-24-22(27-21)28-12-10-18(11-13-28)17-6-3-2-4-7-17/h2-9,14-15,18H,10-13H2,1H3,(H,25,29)(H,23,24,26,27). The maximum Gasteiger partial charge on any atom is 0.231 e. The first-order chi connectivity index (χ1) is 14.2. The van der Waals surface area contributed by atoms with Crippen LogP contribution in [0.5, 0.6) is 0 Å². The molecule has 7 heteroatoms. The van der Waals surface area contributed by atoms with Crippen molar-refractivity contribution in [3.8, 4) is 0 Å². The lowest BCUT2D eigenvalue weighted by atomic mass is 9.90. The van der Waals surface area contributed by atoms with Crippen molar-refractivity contribution in [2.75, 3.05) is 28.6 Å². The minimum absolute atomic E-state index is 0.108. The zero-order valence-electron chi connectivity index (χ0n) is 16.4. The van der Waals surface area contributed by atoms with Gasteiger partial charge in [0.05, 0.1) is 0 Å². The Morgan fingerprint density at radius 3 is 2.52 bits per heavy atom. The average Bonchev–Trinajstić information content (AvgIpc) is 2.74. The molecule has 4 rings (SSSR count). The van der Waals surface area contributed by atoms with E-state index in [0.717, 1.165) is 37.3 Å². The number of carbonyl (C=O) groups excluding carboxylic acids is 1. The van der Waals surface area contributed by atoms with Gasteiger partial charge in [-0.1, -0.05) is 36.4 Å². The molecule has 0 spiro atoms. The van der Waals surface area contributed by atoms with E-state index < -0.39 is 0 Å². The second kappa shape index (κ2) is 8.68. The quantitative estimate of drug-likeness (QED) is 0.688. The molecule has 0 bridgehead atoms. The molecule has 1 aliphatic rings. The van der Waals surface area contributed by atoms with Gasteiger partial charge in [0.15, 0.2) is 0 Å². The summed E-state index contributed by atoms with van der Waals surface area (Å²) in [5.41, 5.74) is 2.93. The first-order valence-electron chi connectivity index (χ1n) is 9.81. The minimum atomic E-state index is -0.108. The molecule has 1 saturated heterocycles. The molecule has 7 nitrogen and oxygen atoms in total. The third kappa shape index (κ3) is 4.87. The van der Waals surface area contributed by atoms with Gasteiger partial charge in [0.1, 0.15) is 6.33 Å². The van der Waals surface area contributed by atoms with E-state index in [4.69, 9.17) is 0 Å². The Balaban J connectivity index is 1.41. The summed E-state index contributed by atoms with van der Waals surface area (Å²) in [4.78, 5) is 26.6. The first kappa shape index (κ1) is 18.9. The van der Waals surface area contributed by atoms with Crippen LogP contribution in [0.2, 0.25) is 0 Å². The Hall–Kier alpha value is -3.48. The van der Waals surface area contributed by atoms with Crippen LogP contribution in [0.1, 0.15) is 31.2 Å². The van der Waals surface area contributed by atoms with Gasteiger partial charge in [-0.2, -0.15) is 4.98 Å². The molecule has 0 radical (unpaired) electrons. The Labute approximate surface area is 170 Å². The fourth-order valence-electron chi connectivity index (χ4n) is 3.65. The van der Waals surface area contributed by atoms with Crippen LogP contribution >= 0.6 is 0 Å². The van der Waals surface area contributed by atoms with Crippen molar-refractivity contribution in [2.24, 2.45) is 0 Å². The fraction of sp³-hybridized carbons (Fsp3) is 0.273. The monoisotopic (exact) mass is 388 g/mol. The lowest BCUT2D eigenvalue weighted by Gasteiger charge is -2.32. The molecule has 0 atom stereocenters. The Morgan fingerprint density at radius 1 is 1.00 bits per heavy atom. The van der Waals surface area contributed by atoms with E-state index in [-0.39, 0.29) is 5.91 Å². The summed E-state index contributed by atoms with van der Waals surface area (Å²) >= 11 is 0. The SMILES string of the molecule is CC(=O)Nc1cccc(Nc2ncnc(N3CCC(c4ccccc4)CC3)n2)c1. The van der Waals surface area contributed by atoms with Gasteiger partial charge in [-0.05, 0) is 42.5 Å². The second-order valence-corrected chi connectivity index (χ2v) is 7.17. The van der Waals surface area contributed by atoms with Crippen molar-refractivity contribution in [2.45, 2.75) is 25.7 Å². The molecule has 0 aliphatic carbocycles. The normalized spacial score (nSPS) is 14.4. The van der Waals surface area contributed by atoms with Crippen molar-refractivity contribution in [1.82, 2.24) is 15.0 Å². The number of piperidine rings is 1. The predicted octanol–water partition coefficient (Wildman–Crippen LogP) is 3.96. The Bertz CT molecular complexity index is 970. The summed E-state index contributed by atoms with van der Waals surface area (Å²) in [6.45, 7) is 3.32. The van der Waals surface area contributed by atoms with Crippen LogP contribution in [-0.2, 0) is 4.79 Å². The van der Waals surface area contributed by atoms with Gasteiger partial charge < -0.3 is 15.5 Å². The molecule has 0 unspecified atom stereocenters. The van der Waals surface area contributed by atoms with E-state index in [1.165, 1.54) is 18.8 Å². The number of hydrogen-bond donors (Lipinski definition) is 2. The molecule has 2 N–H and O–H groups in total. The number of benzene rings is 2. The highest BCUT2D eigenvalue weighted by Gasteiger charge is 2.22. The van der Waals surface area contributed by atoms with E-state index >= 15 is 0 Å². The molecule has 2 aromatic carbocycles. The van der Waals surface area contributed by atoms with Crippen molar-refractivity contribution in [1.29, 1.82) is 0 Å². The van der Waals surface area contributed by atoms with Crippen molar-refractivity contribution in [3.63, 3.8) is 0 Å². The lowest BCUT2D eigenvalue weighted by molar-refractivity contribution is -0.114. The average molecular weight is 388 g/mol. The van der Waals surface area contributed by atoms with E-state index in [9.17, 15) is 4.79 Å². The van der Waals surface area contributed by atoms with Crippen LogP contribution in [0, 0.1) is 0 Å². The molecule has 2 heterocycles. The number of rotatable bonds is 5. The molecule has 1 aromatic heterocycles. The number of aromatic nitrogens is 3. The van der Waals surface area contributed by atoms with Crippen LogP contribution in [0.4, 0.5) is 23.3 Å². The lowest BCUT2D eigenvalue weighted by Crippen LogP contribution is -2.34. The predicted molar refractivity (Wildman–Crippen MR) is 114 cm³/mol. The summed E-state index contributed by atoms with van der Waals surface area (Å²) in [7, 11) is 0. The smallest absolute Gasteiger partial charge is 0.231 e. The van der Waals surface area contributed by atoms with Crippen LogP contribution in [0.25, 0.3) is 0 Å². The Morgan fingerprint density at radius 2 is 1.76 bits per heavy atom. The Kier molecular flexibility index (Phi) is 5.65. The van der Waals surface area contributed by atoms with Gasteiger partial charge >= 0.3 is 0 Å². The van der Waals surface area contributed by atoms with Gasteiger partial charge in [0.2, 0.25) is 17.8 Å². The van der Waals surface area contributed by atoms with Gasteiger partial charge in [0, 0.05) is 31.4 Å². The molecular formula is C22H24N6O. The molecular weight excluding hydrogens is 364 g/mol. The van der Waals surface area contributed by atoms with Crippen molar-refractivity contribution in [3.05, 3.63) is 66.5 Å². The van der Waals surface area contributed by atoms with Gasteiger partial charge in [0.25, 0.3) is 0 Å². The number of nitrogens with one attached hydrogen (secondary N) is 2. The zero-order chi connectivity index (χ0) is 20.1. The summed E-state index contributed by atoms with van der Waals surface area (Å²) in [5, 5.41) is 5.96. The molecule has 1 amide bonds. The molecule has 0 saturated carbocycles. The number of carbonyl (C=O) groups is 1. The van der Waals surface area contributed by atoms with E-state index in [1.807, 2.05) is 24.3 Å².